The molecule has 3 amide bonds. The Labute approximate surface area is 201 Å². The summed E-state index contributed by atoms with van der Waals surface area (Å²) in [5.41, 5.74) is 6.05. The zero-order chi connectivity index (χ0) is 24.6. The van der Waals surface area contributed by atoms with Gasteiger partial charge < -0.3 is 21.1 Å². The molecule has 1 atom stereocenters. The molecule has 176 valence electrons. The molecule has 10 nitrogen and oxygen atoms in total. The number of para-hydroxylation sites is 1. The first kappa shape index (κ1) is 22.1. The molecule has 1 fully saturated rings. The molecular formula is C25H23N7O3. The van der Waals surface area contributed by atoms with Crippen LogP contribution in [0.1, 0.15) is 18.3 Å². The Morgan fingerprint density at radius 3 is 2.51 bits per heavy atom. The summed E-state index contributed by atoms with van der Waals surface area (Å²) in [6.07, 6.45) is 0. The highest BCUT2D eigenvalue weighted by molar-refractivity contribution is 6.07. The lowest BCUT2D eigenvalue weighted by molar-refractivity contribution is -0.131. The van der Waals surface area contributed by atoms with Crippen LogP contribution in [0.4, 0.5) is 22.4 Å². The molecule has 0 aliphatic carbocycles. The van der Waals surface area contributed by atoms with Crippen LogP contribution in [-0.2, 0) is 16.9 Å². The summed E-state index contributed by atoms with van der Waals surface area (Å²) in [6.45, 7) is 1.53. The quantitative estimate of drug-likeness (QED) is 0.366. The molecule has 0 unspecified atom stereocenters. The molecule has 35 heavy (non-hydrogen) atoms. The van der Waals surface area contributed by atoms with Gasteiger partial charge in [0.2, 0.25) is 11.9 Å². The second-order valence-corrected chi connectivity index (χ2v) is 8.30. The van der Waals surface area contributed by atoms with E-state index in [1.807, 2.05) is 66.7 Å². The van der Waals surface area contributed by atoms with E-state index in [1.54, 1.807) is 14.0 Å². The number of nitrogen functional groups attached to an aromatic ring is 1. The Hall–Kier alpha value is -4.73. The van der Waals surface area contributed by atoms with Crippen molar-refractivity contribution >= 4 is 40.3 Å². The number of aromatic nitrogens is 3. The van der Waals surface area contributed by atoms with E-state index < -0.39 is 17.5 Å². The molecule has 4 N–H and O–H groups in total. The normalized spacial score (nSPS) is 17.5. The fourth-order valence-corrected chi connectivity index (χ4v) is 4.05. The topological polar surface area (TPSA) is 135 Å². The third kappa shape index (κ3) is 4.17. The van der Waals surface area contributed by atoms with Gasteiger partial charge in [0.15, 0.2) is 5.82 Å². The molecule has 1 aliphatic heterocycles. The van der Waals surface area contributed by atoms with Crippen molar-refractivity contribution in [2.24, 2.45) is 0 Å². The fourth-order valence-electron chi connectivity index (χ4n) is 4.05. The Balaban J connectivity index is 1.40. The van der Waals surface area contributed by atoms with Crippen LogP contribution in [-0.4, -0.2) is 38.9 Å². The monoisotopic (exact) mass is 469 g/mol. The second kappa shape index (κ2) is 8.56. The number of imide groups is 1. The molecular weight excluding hydrogens is 446 g/mol. The van der Waals surface area contributed by atoms with Crippen LogP contribution in [0.5, 0.6) is 5.75 Å². The minimum Gasteiger partial charge on any atom is -0.497 e. The number of ether oxygens (including phenoxy) is 1. The van der Waals surface area contributed by atoms with Crippen LogP contribution in [0.15, 0.2) is 66.7 Å². The maximum absolute atomic E-state index is 13.4. The lowest BCUT2D eigenvalue weighted by atomic mass is 9.90. The zero-order valence-corrected chi connectivity index (χ0v) is 19.1. The van der Waals surface area contributed by atoms with E-state index in [2.05, 4.69) is 25.6 Å². The number of rotatable bonds is 6. The van der Waals surface area contributed by atoms with Crippen LogP contribution in [0.25, 0.3) is 10.8 Å². The summed E-state index contributed by atoms with van der Waals surface area (Å²) in [5.74, 6) is 0.721. The second-order valence-electron chi connectivity index (χ2n) is 8.30. The maximum Gasteiger partial charge on any atom is 0.325 e. The first-order valence-electron chi connectivity index (χ1n) is 10.9. The van der Waals surface area contributed by atoms with E-state index in [4.69, 9.17) is 10.5 Å². The smallest absolute Gasteiger partial charge is 0.325 e. The highest BCUT2D eigenvalue weighted by atomic mass is 16.5. The number of anilines is 3. The van der Waals surface area contributed by atoms with Crippen LogP contribution >= 0.6 is 0 Å². The highest BCUT2D eigenvalue weighted by Crippen LogP contribution is 2.32. The van der Waals surface area contributed by atoms with Gasteiger partial charge in [0.25, 0.3) is 5.91 Å². The largest absolute Gasteiger partial charge is 0.497 e. The van der Waals surface area contributed by atoms with Crippen LogP contribution in [0, 0.1) is 0 Å². The highest BCUT2D eigenvalue weighted by Gasteiger charge is 2.49. The number of hydrogen-bond acceptors (Lipinski definition) is 8. The van der Waals surface area contributed by atoms with Gasteiger partial charge in [-0.2, -0.15) is 15.0 Å². The summed E-state index contributed by atoms with van der Waals surface area (Å²) in [4.78, 5) is 39.9. The first-order valence-corrected chi connectivity index (χ1v) is 10.9. The van der Waals surface area contributed by atoms with Crippen molar-refractivity contribution in [3.63, 3.8) is 0 Å². The number of benzene rings is 3. The molecule has 1 aromatic heterocycles. The Bertz CT molecular complexity index is 1440. The average Bonchev–Trinajstić information content (AvgIpc) is 3.07. The molecule has 0 bridgehead atoms. The molecule has 10 heteroatoms. The van der Waals surface area contributed by atoms with Gasteiger partial charge >= 0.3 is 6.03 Å². The average molecular weight is 470 g/mol. The van der Waals surface area contributed by atoms with Crippen molar-refractivity contribution < 1.29 is 14.3 Å². The molecule has 1 saturated heterocycles. The van der Waals surface area contributed by atoms with Crippen molar-refractivity contribution in [2.75, 3.05) is 18.2 Å². The summed E-state index contributed by atoms with van der Waals surface area (Å²) in [5, 5.41) is 7.75. The number of carbonyl (C=O) groups is 2. The number of methoxy groups -OCH3 is 1. The lowest BCUT2D eigenvalue weighted by Crippen LogP contribution is -2.40. The van der Waals surface area contributed by atoms with Gasteiger partial charge in [-0.25, -0.2) is 4.79 Å². The fraction of sp³-hybridized carbons (Fsp3) is 0.160. The van der Waals surface area contributed by atoms with Gasteiger partial charge in [-0.3, -0.25) is 9.69 Å². The molecule has 0 spiro atoms. The maximum atomic E-state index is 13.4. The summed E-state index contributed by atoms with van der Waals surface area (Å²) >= 11 is 0. The third-order valence-corrected chi connectivity index (χ3v) is 5.93. The van der Waals surface area contributed by atoms with E-state index in [-0.39, 0.29) is 24.3 Å². The van der Waals surface area contributed by atoms with Crippen molar-refractivity contribution in [1.29, 1.82) is 0 Å². The molecule has 1 aliphatic rings. The van der Waals surface area contributed by atoms with Crippen molar-refractivity contribution in [2.45, 2.75) is 19.0 Å². The van der Waals surface area contributed by atoms with Crippen molar-refractivity contribution in [3.8, 4) is 5.75 Å². The van der Waals surface area contributed by atoms with E-state index in [9.17, 15) is 9.59 Å². The number of fused-ring (bicyclic) bond motifs is 1. The molecule has 3 aromatic carbocycles. The third-order valence-electron chi connectivity index (χ3n) is 5.93. The number of urea groups is 1. The van der Waals surface area contributed by atoms with Gasteiger partial charge in [-0.15, -0.1) is 0 Å². The minimum absolute atomic E-state index is 0.0202. The number of amides is 3. The number of nitrogens with two attached hydrogens (primary N) is 1. The van der Waals surface area contributed by atoms with Gasteiger partial charge in [-0.1, -0.05) is 36.4 Å². The molecule has 5 rings (SSSR count). The molecule has 4 aromatic rings. The Morgan fingerprint density at radius 2 is 1.74 bits per heavy atom. The molecule has 0 radical (unpaired) electrons. The Kier molecular flexibility index (Phi) is 5.40. The minimum atomic E-state index is -1.24. The van der Waals surface area contributed by atoms with Crippen molar-refractivity contribution in [1.82, 2.24) is 25.2 Å². The number of carbonyl (C=O) groups excluding carboxylic acids is 2. The lowest BCUT2D eigenvalue weighted by Gasteiger charge is -2.22. The molecule has 0 saturated carbocycles. The van der Waals surface area contributed by atoms with Crippen LogP contribution in [0.3, 0.4) is 0 Å². The molecule has 2 heterocycles. The van der Waals surface area contributed by atoms with E-state index in [0.29, 0.717) is 5.56 Å². The van der Waals surface area contributed by atoms with E-state index in [1.165, 1.54) is 0 Å². The summed E-state index contributed by atoms with van der Waals surface area (Å²) in [7, 11) is 1.61. The number of nitrogens with one attached hydrogen (secondary N) is 2. The summed E-state index contributed by atoms with van der Waals surface area (Å²) < 4.78 is 5.28. The predicted molar refractivity (Wildman–Crippen MR) is 131 cm³/mol. The number of hydrogen-bond donors (Lipinski definition) is 3. The van der Waals surface area contributed by atoms with Crippen LogP contribution < -0.4 is 21.1 Å². The van der Waals surface area contributed by atoms with Gasteiger partial charge in [0, 0.05) is 5.69 Å². The van der Waals surface area contributed by atoms with E-state index in [0.717, 1.165) is 27.1 Å². The van der Waals surface area contributed by atoms with Gasteiger partial charge in [0.05, 0.1) is 13.7 Å². The SMILES string of the molecule is COc1ccc2cc([C@@]3(C)NC(=O)N(Cc4nc(N)nc(Nc5ccccc5)n4)C3=O)ccc2c1. The van der Waals surface area contributed by atoms with Gasteiger partial charge in [0.1, 0.15) is 11.3 Å². The van der Waals surface area contributed by atoms with Crippen molar-refractivity contribution in [3.05, 3.63) is 78.1 Å². The standard InChI is InChI=1S/C25H23N7O3/c1-25(17-10-8-16-13-19(35-2)11-9-15(16)12-17)21(33)32(24(34)31-25)14-20-28-22(26)30-23(29-20)27-18-6-4-3-5-7-18/h3-13H,14H2,1-2H3,(H,31,34)(H3,26,27,28,29,30)/t25-/m1/s1. The van der Waals surface area contributed by atoms with E-state index >= 15 is 0 Å². The number of nitrogens with zero attached hydrogens (tertiary/aromatic N) is 4. The predicted octanol–water partition coefficient (Wildman–Crippen LogP) is 3.33. The first-order chi connectivity index (χ1) is 16.9. The Morgan fingerprint density at radius 1 is 1.00 bits per heavy atom. The summed E-state index contributed by atoms with van der Waals surface area (Å²) in [6, 6.07) is 20.1. The van der Waals surface area contributed by atoms with Crippen LogP contribution in [0.2, 0.25) is 0 Å². The van der Waals surface area contributed by atoms with Gasteiger partial charge in [-0.05, 0) is 53.6 Å². The zero-order valence-electron chi connectivity index (χ0n) is 19.1.